The van der Waals surface area contributed by atoms with E-state index in [1.54, 1.807) is 0 Å². The van der Waals surface area contributed by atoms with E-state index in [9.17, 15) is 0 Å². The van der Waals surface area contributed by atoms with E-state index in [2.05, 4.69) is 94.5 Å². The lowest BCUT2D eigenvalue weighted by molar-refractivity contribution is 0.425. The quantitative estimate of drug-likeness (QED) is 0.484. The highest BCUT2D eigenvalue weighted by Crippen LogP contribution is 2.34. The molecule has 1 heterocycles. The summed E-state index contributed by atoms with van der Waals surface area (Å²) in [4.78, 5) is 0. The van der Waals surface area contributed by atoms with Crippen molar-refractivity contribution < 1.29 is 0 Å². The molecule has 0 amide bonds. The highest BCUT2D eigenvalue weighted by molar-refractivity contribution is 5.62. The minimum atomic E-state index is -0.0433. The molecule has 0 atom stereocenters. The van der Waals surface area contributed by atoms with Crippen LogP contribution in [0.4, 0.5) is 0 Å². The van der Waals surface area contributed by atoms with Crippen molar-refractivity contribution in [2.75, 3.05) is 0 Å². The summed E-state index contributed by atoms with van der Waals surface area (Å²) in [6.45, 7) is 15.4. The van der Waals surface area contributed by atoms with Crippen molar-refractivity contribution in [1.82, 2.24) is 14.8 Å². The van der Waals surface area contributed by atoms with Gasteiger partial charge in [0.1, 0.15) is 5.82 Å². The maximum absolute atomic E-state index is 4.72. The van der Waals surface area contributed by atoms with Gasteiger partial charge in [-0.15, -0.1) is 10.2 Å². The molecule has 1 aromatic heterocycles. The summed E-state index contributed by atoms with van der Waals surface area (Å²) >= 11 is 0. The Morgan fingerprint density at radius 3 is 2.25 bits per heavy atom. The van der Waals surface area contributed by atoms with Crippen LogP contribution >= 0.6 is 0 Å². The van der Waals surface area contributed by atoms with Gasteiger partial charge in [0.15, 0.2) is 5.82 Å². The Labute approximate surface area is 169 Å². The topological polar surface area (TPSA) is 30.7 Å². The molecular formula is C25H33N3. The zero-order valence-corrected chi connectivity index (χ0v) is 18.4. The fraction of sp³-hybridized carbons (Fsp3) is 0.440. The van der Waals surface area contributed by atoms with Gasteiger partial charge in [0.05, 0.1) is 5.69 Å². The van der Waals surface area contributed by atoms with Crippen LogP contribution in [0.5, 0.6) is 0 Å². The average Bonchev–Trinajstić information content (AvgIpc) is 3.08. The highest BCUT2D eigenvalue weighted by Gasteiger charge is 2.29. The zero-order valence-electron chi connectivity index (χ0n) is 18.4. The number of aromatic nitrogens is 3. The minimum absolute atomic E-state index is 0.0433. The molecule has 0 aliphatic heterocycles. The standard InChI is InChI=1S/C25H33N3/c1-8-9-14-25(6,7)24-27-26-23(21-12-11-18(3)19(4)16-21)28(24)22-13-10-17(2)15-20(22)5/h10-13,15-16H,8-9,14H2,1-7H3. The molecule has 0 bridgehead atoms. The molecule has 28 heavy (non-hydrogen) atoms. The molecule has 2 aromatic carbocycles. The summed E-state index contributed by atoms with van der Waals surface area (Å²) in [5.41, 5.74) is 7.34. The van der Waals surface area contributed by atoms with Gasteiger partial charge in [-0.05, 0) is 62.9 Å². The largest absolute Gasteiger partial charge is 0.278 e. The maximum Gasteiger partial charge on any atom is 0.168 e. The third kappa shape index (κ3) is 3.89. The van der Waals surface area contributed by atoms with E-state index >= 15 is 0 Å². The van der Waals surface area contributed by atoms with Gasteiger partial charge in [0.25, 0.3) is 0 Å². The Hall–Kier alpha value is -2.42. The Morgan fingerprint density at radius 2 is 1.61 bits per heavy atom. The third-order valence-corrected chi connectivity index (χ3v) is 5.78. The van der Waals surface area contributed by atoms with Gasteiger partial charge in [0.2, 0.25) is 0 Å². The van der Waals surface area contributed by atoms with Gasteiger partial charge in [-0.2, -0.15) is 0 Å². The first kappa shape index (κ1) is 20.3. The number of nitrogens with zero attached hydrogens (tertiary/aromatic N) is 3. The van der Waals surface area contributed by atoms with Crippen LogP contribution in [0, 0.1) is 27.7 Å². The molecule has 3 heteroatoms. The summed E-state index contributed by atoms with van der Waals surface area (Å²) in [5, 5.41) is 9.41. The molecule has 148 valence electrons. The molecule has 0 saturated carbocycles. The predicted octanol–water partition coefficient (Wildman–Crippen LogP) is 6.64. The molecule has 3 aromatic rings. The molecule has 3 rings (SSSR count). The summed E-state index contributed by atoms with van der Waals surface area (Å²) in [6, 6.07) is 13.2. The predicted molar refractivity (Wildman–Crippen MR) is 118 cm³/mol. The Bertz CT molecular complexity index is 979. The van der Waals surface area contributed by atoms with Crippen molar-refractivity contribution >= 4 is 0 Å². The zero-order chi connectivity index (χ0) is 20.5. The van der Waals surface area contributed by atoms with Crippen LogP contribution < -0.4 is 0 Å². The SMILES string of the molecule is CCCCC(C)(C)c1nnc(-c2ccc(C)c(C)c2)n1-c1ccc(C)cc1C. The molecule has 0 N–H and O–H groups in total. The molecule has 0 fully saturated rings. The van der Waals surface area contributed by atoms with E-state index in [0.29, 0.717) is 0 Å². The lowest BCUT2D eigenvalue weighted by Crippen LogP contribution is -2.23. The van der Waals surface area contributed by atoms with Gasteiger partial charge < -0.3 is 0 Å². The summed E-state index contributed by atoms with van der Waals surface area (Å²) in [7, 11) is 0. The van der Waals surface area contributed by atoms with E-state index in [1.165, 1.54) is 40.8 Å². The molecule has 0 aliphatic rings. The molecule has 0 spiro atoms. The maximum atomic E-state index is 4.72. The van der Waals surface area contributed by atoms with Crippen LogP contribution in [0.3, 0.4) is 0 Å². The van der Waals surface area contributed by atoms with E-state index < -0.39 is 0 Å². The molecule has 0 aliphatic carbocycles. The fourth-order valence-corrected chi connectivity index (χ4v) is 3.80. The van der Waals surface area contributed by atoms with E-state index in [0.717, 1.165) is 23.6 Å². The molecule has 0 radical (unpaired) electrons. The summed E-state index contributed by atoms with van der Waals surface area (Å²) in [5.74, 6) is 1.97. The summed E-state index contributed by atoms with van der Waals surface area (Å²) < 4.78 is 2.29. The Morgan fingerprint density at radius 1 is 0.857 bits per heavy atom. The smallest absolute Gasteiger partial charge is 0.168 e. The van der Waals surface area contributed by atoms with Gasteiger partial charge in [-0.3, -0.25) is 4.57 Å². The first-order valence-electron chi connectivity index (χ1n) is 10.4. The second kappa shape index (κ2) is 7.90. The third-order valence-electron chi connectivity index (χ3n) is 5.78. The lowest BCUT2D eigenvalue weighted by Gasteiger charge is -2.25. The van der Waals surface area contributed by atoms with Crippen molar-refractivity contribution in [3.05, 3.63) is 64.5 Å². The van der Waals surface area contributed by atoms with Gasteiger partial charge >= 0.3 is 0 Å². The van der Waals surface area contributed by atoms with Crippen LogP contribution in [0.1, 0.15) is 68.1 Å². The van der Waals surface area contributed by atoms with Crippen molar-refractivity contribution in [3.63, 3.8) is 0 Å². The lowest BCUT2D eigenvalue weighted by atomic mass is 9.86. The molecule has 3 nitrogen and oxygen atoms in total. The first-order chi connectivity index (χ1) is 13.2. The van der Waals surface area contributed by atoms with Crippen molar-refractivity contribution in [3.8, 4) is 17.1 Å². The molecule has 0 unspecified atom stereocenters. The van der Waals surface area contributed by atoms with Crippen LogP contribution in [-0.2, 0) is 5.41 Å². The van der Waals surface area contributed by atoms with Crippen molar-refractivity contribution in [1.29, 1.82) is 0 Å². The molecule has 0 saturated heterocycles. The number of hydrogen-bond acceptors (Lipinski definition) is 2. The number of aryl methyl sites for hydroxylation is 4. The molecular weight excluding hydrogens is 342 g/mol. The normalized spacial score (nSPS) is 11.8. The number of rotatable bonds is 6. The van der Waals surface area contributed by atoms with Crippen molar-refractivity contribution in [2.45, 2.75) is 73.1 Å². The van der Waals surface area contributed by atoms with Gasteiger partial charge in [-0.25, -0.2) is 0 Å². The Balaban J connectivity index is 2.25. The monoisotopic (exact) mass is 375 g/mol. The van der Waals surface area contributed by atoms with Crippen LogP contribution in [0.25, 0.3) is 17.1 Å². The minimum Gasteiger partial charge on any atom is -0.278 e. The fourth-order valence-electron chi connectivity index (χ4n) is 3.80. The van der Waals surface area contributed by atoms with Crippen LogP contribution in [0.2, 0.25) is 0 Å². The van der Waals surface area contributed by atoms with Crippen molar-refractivity contribution in [2.24, 2.45) is 0 Å². The van der Waals surface area contributed by atoms with Gasteiger partial charge in [0, 0.05) is 11.0 Å². The van der Waals surface area contributed by atoms with E-state index in [4.69, 9.17) is 5.10 Å². The van der Waals surface area contributed by atoms with Crippen LogP contribution in [0.15, 0.2) is 36.4 Å². The summed E-state index contributed by atoms with van der Waals surface area (Å²) in [6.07, 6.45) is 3.47. The highest BCUT2D eigenvalue weighted by atomic mass is 15.3. The second-order valence-corrected chi connectivity index (χ2v) is 8.76. The van der Waals surface area contributed by atoms with E-state index in [-0.39, 0.29) is 5.41 Å². The number of benzene rings is 2. The second-order valence-electron chi connectivity index (χ2n) is 8.76. The first-order valence-corrected chi connectivity index (χ1v) is 10.4. The number of unbranched alkanes of at least 4 members (excludes halogenated alkanes) is 1. The average molecular weight is 376 g/mol. The Kier molecular flexibility index (Phi) is 5.74. The van der Waals surface area contributed by atoms with Gasteiger partial charge in [-0.1, -0.05) is 63.4 Å². The van der Waals surface area contributed by atoms with E-state index in [1.807, 2.05) is 0 Å². The van der Waals surface area contributed by atoms with Crippen LogP contribution in [-0.4, -0.2) is 14.8 Å². The number of hydrogen-bond donors (Lipinski definition) is 0.